The maximum atomic E-state index is 6.03. The second-order valence-electron chi connectivity index (χ2n) is 6.72. The van der Waals surface area contributed by atoms with Crippen molar-refractivity contribution in [1.29, 1.82) is 0 Å². The number of aromatic amines is 1. The highest BCUT2D eigenvalue weighted by Gasteiger charge is 2.22. The van der Waals surface area contributed by atoms with Gasteiger partial charge in [-0.3, -0.25) is 4.98 Å². The topological polar surface area (TPSA) is 24.6 Å². The Labute approximate surface area is 158 Å². The van der Waals surface area contributed by atoms with Crippen LogP contribution in [0.4, 0.5) is 0 Å². The van der Waals surface area contributed by atoms with Gasteiger partial charge in [-0.15, -0.1) is 0 Å². The normalized spacial score (nSPS) is 12.5. The summed E-state index contributed by atoms with van der Waals surface area (Å²) in [5.74, 6) is 0. The molecule has 2 aromatic heterocycles. The summed E-state index contributed by atoms with van der Waals surface area (Å²) in [5.41, 5.74) is 3.90. The zero-order valence-corrected chi connectivity index (χ0v) is 15.7. The van der Waals surface area contributed by atoms with Gasteiger partial charge in [-0.25, -0.2) is 4.57 Å². The predicted octanol–water partition coefficient (Wildman–Crippen LogP) is 5.35. The molecule has 0 bridgehead atoms. The smallest absolute Gasteiger partial charge is 0.242 e. The average molecular weight is 365 g/mol. The molecule has 4 rings (SSSR count). The van der Waals surface area contributed by atoms with Gasteiger partial charge in [0.1, 0.15) is 18.4 Å². The molecule has 1 unspecified atom stereocenters. The minimum atomic E-state index is 0.336. The van der Waals surface area contributed by atoms with E-state index in [4.69, 9.17) is 11.6 Å². The first kappa shape index (κ1) is 16.9. The van der Waals surface area contributed by atoms with Gasteiger partial charge in [0.25, 0.3) is 0 Å². The number of nitrogens with zero attached hydrogens (tertiary/aromatic N) is 2. The molecule has 0 radical (unpaired) electrons. The lowest BCUT2D eigenvalue weighted by atomic mass is 10.0. The molecule has 1 N–H and O–H groups in total. The van der Waals surface area contributed by atoms with Crippen molar-refractivity contribution in [2.45, 2.75) is 32.4 Å². The third-order valence-electron chi connectivity index (χ3n) is 4.93. The summed E-state index contributed by atoms with van der Waals surface area (Å²) in [4.78, 5) is 3.18. The molecule has 0 amide bonds. The van der Waals surface area contributed by atoms with Gasteiger partial charge in [0.05, 0.1) is 0 Å². The summed E-state index contributed by atoms with van der Waals surface area (Å²) in [5, 5.41) is 2.10. The van der Waals surface area contributed by atoms with Gasteiger partial charge in [0.2, 0.25) is 6.33 Å². The molecule has 2 heterocycles. The number of benzene rings is 2. The summed E-state index contributed by atoms with van der Waals surface area (Å²) in [6.07, 6.45) is 10.7. The Morgan fingerprint density at radius 3 is 2.65 bits per heavy atom. The number of H-pyrrole nitrogens is 1. The van der Waals surface area contributed by atoms with E-state index in [1.165, 1.54) is 22.0 Å². The molecule has 0 aliphatic rings. The van der Waals surface area contributed by atoms with Crippen LogP contribution in [0.3, 0.4) is 0 Å². The Bertz CT molecular complexity index is 984. The van der Waals surface area contributed by atoms with Gasteiger partial charge in [0, 0.05) is 34.2 Å². The Balaban J connectivity index is 1.79. The molecule has 0 aliphatic heterocycles. The number of para-hydroxylation sites is 1. The molecule has 4 heteroatoms. The molecule has 0 aliphatic carbocycles. The molecule has 0 spiro atoms. The van der Waals surface area contributed by atoms with Crippen LogP contribution in [0.2, 0.25) is 5.02 Å². The molecule has 0 saturated heterocycles. The molecule has 4 aromatic rings. The van der Waals surface area contributed by atoms with Gasteiger partial charge in [-0.2, -0.15) is 0 Å². The molecule has 26 heavy (non-hydrogen) atoms. The Hall–Kier alpha value is -2.52. The molecule has 3 nitrogen and oxygen atoms in total. The van der Waals surface area contributed by atoms with Crippen LogP contribution in [0.25, 0.3) is 10.9 Å². The lowest BCUT2D eigenvalue weighted by Gasteiger charge is -2.12. The van der Waals surface area contributed by atoms with E-state index in [9.17, 15) is 0 Å². The number of hydrogen-bond donors (Lipinski definition) is 1. The number of halogens is 1. The summed E-state index contributed by atoms with van der Waals surface area (Å²) in [6.45, 7) is 3.08. The van der Waals surface area contributed by atoms with Crippen molar-refractivity contribution >= 4 is 22.5 Å². The third kappa shape index (κ3) is 3.27. The standard InChI is InChI=1S/C22H22ClN3/c1-2-5-21(25-13-12-24-16-25)20-15-26(22-7-4-3-6-19(20)22)14-17-8-10-18(23)11-9-17/h3-4,6-13,15-16,21H,2,5,14H2,1H3/p+1. The van der Waals surface area contributed by atoms with Gasteiger partial charge < -0.3 is 4.57 Å². The van der Waals surface area contributed by atoms with E-state index < -0.39 is 0 Å². The van der Waals surface area contributed by atoms with E-state index in [0.717, 1.165) is 24.4 Å². The van der Waals surface area contributed by atoms with E-state index in [2.05, 4.69) is 69.8 Å². The summed E-state index contributed by atoms with van der Waals surface area (Å²) in [6, 6.07) is 17.1. The number of aromatic nitrogens is 3. The van der Waals surface area contributed by atoms with Crippen molar-refractivity contribution in [3.05, 3.63) is 89.6 Å². The molecule has 132 valence electrons. The molecule has 1 atom stereocenters. The first-order valence-corrected chi connectivity index (χ1v) is 9.50. The minimum Gasteiger partial charge on any atom is -0.343 e. The first-order chi connectivity index (χ1) is 12.8. The van der Waals surface area contributed by atoms with Crippen LogP contribution in [-0.4, -0.2) is 9.55 Å². The van der Waals surface area contributed by atoms with Crippen LogP contribution < -0.4 is 4.57 Å². The van der Waals surface area contributed by atoms with Crippen LogP contribution in [0, 0.1) is 0 Å². The van der Waals surface area contributed by atoms with Crippen molar-refractivity contribution in [3.8, 4) is 0 Å². The number of fused-ring (bicyclic) bond motifs is 1. The van der Waals surface area contributed by atoms with Gasteiger partial charge in [-0.1, -0.05) is 55.3 Å². The fourth-order valence-electron chi connectivity index (χ4n) is 3.69. The summed E-state index contributed by atoms with van der Waals surface area (Å²) >= 11 is 6.03. The summed E-state index contributed by atoms with van der Waals surface area (Å²) in [7, 11) is 0. The largest absolute Gasteiger partial charge is 0.343 e. The average Bonchev–Trinajstić information content (AvgIpc) is 3.31. The quantitative estimate of drug-likeness (QED) is 0.446. The first-order valence-electron chi connectivity index (χ1n) is 9.12. The Morgan fingerprint density at radius 2 is 1.92 bits per heavy atom. The van der Waals surface area contributed by atoms with Crippen LogP contribution in [0.1, 0.15) is 36.9 Å². The van der Waals surface area contributed by atoms with Crippen LogP contribution >= 0.6 is 11.6 Å². The zero-order chi connectivity index (χ0) is 17.9. The number of hydrogen-bond acceptors (Lipinski definition) is 0. The number of rotatable bonds is 6. The van der Waals surface area contributed by atoms with E-state index >= 15 is 0 Å². The zero-order valence-electron chi connectivity index (χ0n) is 14.9. The maximum absolute atomic E-state index is 6.03. The second kappa shape index (κ2) is 7.38. The molecule has 2 aromatic carbocycles. The van der Waals surface area contributed by atoms with Crippen molar-refractivity contribution in [2.75, 3.05) is 0 Å². The Kier molecular flexibility index (Phi) is 4.81. The second-order valence-corrected chi connectivity index (χ2v) is 7.16. The van der Waals surface area contributed by atoms with Gasteiger partial charge in [-0.05, 0) is 30.2 Å². The molecular weight excluding hydrogens is 342 g/mol. The monoisotopic (exact) mass is 364 g/mol. The van der Waals surface area contributed by atoms with Crippen molar-refractivity contribution in [3.63, 3.8) is 0 Å². The van der Waals surface area contributed by atoms with Crippen LogP contribution in [-0.2, 0) is 6.54 Å². The number of nitrogens with one attached hydrogen (secondary N) is 1. The predicted molar refractivity (Wildman–Crippen MR) is 107 cm³/mol. The van der Waals surface area contributed by atoms with Gasteiger partial charge >= 0.3 is 0 Å². The SMILES string of the molecule is CCCC(c1cn(Cc2ccc(Cl)cc2)c2ccccc12)[n+]1cc[nH]c1. The van der Waals surface area contributed by atoms with Crippen LogP contribution in [0.15, 0.2) is 73.4 Å². The number of imidazole rings is 1. The molecule has 0 fully saturated rings. The lowest BCUT2D eigenvalue weighted by Crippen LogP contribution is -2.37. The highest BCUT2D eigenvalue weighted by Crippen LogP contribution is 2.29. The maximum Gasteiger partial charge on any atom is 0.242 e. The molecule has 0 saturated carbocycles. The van der Waals surface area contributed by atoms with E-state index in [1.54, 1.807) is 0 Å². The van der Waals surface area contributed by atoms with Crippen molar-refractivity contribution in [1.82, 2.24) is 9.55 Å². The van der Waals surface area contributed by atoms with E-state index in [1.807, 2.05) is 24.7 Å². The van der Waals surface area contributed by atoms with E-state index in [0.29, 0.717) is 6.04 Å². The Morgan fingerprint density at radius 1 is 1.12 bits per heavy atom. The highest BCUT2D eigenvalue weighted by molar-refractivity contribution is 6.30. The fourth-order valence-corrected chi connectivity index (χ4v) is 3.82. The molecular formula is C22H23ClN3+. The van der Waals surface area contributed by atoms with Crippen LogP contribution in [0.5, 0.6) is 0 Å². The van der Waals surface area contributed by atoms with Crippen molar-refractivity contribution in [2.24, 2.45) is 0 Å². The lowest BCUT2D eigenvalue weighted by molar-refractivity contribution is -0.713. The minimum absolute atomic E-state index is 0.336. The van der Waals surface area contributed by atoms with Crippen molar-refractivity contribution < 1.29 is 4.57 Å². The highest BCUT2D eigenvalue weighted by atomic mass is 35.5. The third-order valence-corrected chi connectivity index (χ3v) is 5.19. The summed E-state index contributed by atoms with van der Waals surface area (Å²) < 4.78 is 4.63. The van der Waals surface area contributed by atoms with Gasteiger partial charge in [0.15, 0.2) is 0 Å². The fraction of sp³-hybridized carbons (Fsp3) is 0.227. The van der Waals surface area contributed by atoms with E-state index in [-0.39, 0.29) is 0 Å².